The molecule has 0 atom stereocenters. The van der Waals surface area contributed by atoms with Crippen molar-refractivity contribution in [2.75, 3.05) is 26.2 Å². The second kappa shape index (κ2) is 7.20. The fraction of sp³-hybridized carbons (Fsp3) is 0.562. The molecule has 1 saturated heterocycles. The smallest absolute Gasteiger partial charge is 0.272 e. The van der Waals surface area contributed by atoms with Gasteiger partial charge in [-0.15, -0.1) is 0 Å². The highest BCUT2D eigenvalue weighted by Crippen LogP contribution is 2.21. The SMILES string of the molecule is CCn1cc(S(=O)(=O)N2CCN(C(=O)c3ccnn3CC)CC2)c(C)n1. The average molecular weight is 380 g/mol. The zero-order chi connectivity index (χ0) is 18.9. The molecule has 26 heavy (non-hydrogen) atoms. The molecule has 1 amide bonds. The van der Waals surface area contributed by atoms with Crippen molar-refractivity contribution in [1.29, 1.82) is 0 Å². The number of carbonyl (C=O) groups excluding carboxylic acids is 1. The van der Waals surface area contributed by atoms with Gasteiger partial charge in [0.15, 0.2) is 0 Å². The van der Waals surface area contributed by atoms with Crippen LogP contribution in [0.4, 0.5) is 0 Å². The molecule has 1 fully saturated rings. The Bertz CT molecular complexity index is 893. The van der Waals surface area contributed by atoms with Gasteiger partial charge in [0.1, 0.15) is 10.6 Å². The monoisotopic (exact) mass is 380 g/mol. The quantitative estimate of drug-likeness (QED) is 0.756. The van der Waals surface area contributed by atoms with Crippen LogP contribution in [0, 0.1) is 6.92 Å². The molecule has 0 aliphatic carbocycles. The molecular formula is C16H24N6O3S. The van der Waals surface area contributed by atoms with Gasteiger partial charge in [-0.25, -0.2) is 8.42 Å². The molecule has 142 valence electrons. The topological polar surface area (TPSA) is 93.3 Å². The zero-order valence-corrected chi connectivity index (χ0v) is 16.1. The molecule has 0 spiro atoms. The lowest BCUT2D eigenvalue weighted by atomic mass is 10.3. The number of carbonyl (C=O) groups is 1. The maximum atomic E-state index is 12.9. The van der Waals surface area contributed by atoms with Crippen LogP contribution in [0.15, 0.2) is 23.4 Å². The molecule has 9 nitrogen and oxygen atoms in total. The maximum absolute atomic E-state index is 12.9. The van der Waals surface area contributed by atoms with Gasteiger partial charge in [0.05, 0.1) is 5.69 Å². The van der Waals surface area contributed by atoms with Crippen LogP contribution in [0.2, 0.25) is 0 Å². The van der Waals surface area contributed by atoms with Crippen molar-refractivity contribution in [1.82, 2.24) is 28.8 Å². The Hall–Kier alpha value is -2.20. The number of sulfonamides is 1. The second-order valence-electron chi connectivity index (χ2n) is 6.16. The van der Waals surface area contributed by atoms with E-state index in [4.69, 9.17) is 0 Å². The summed E-state index contributed by atoms with van der Waals surface area (Å²) in [6.45, 7) is 8.01. The van der Waals surface area contributed by atoms with E-state index in [-0.39, 0.29) is 23.9 Å². The number of hydrogen-bond donors (Lipinski definition) is 0. The summed E-state index contributed by atoms with van der Waals surface area (Å²) in [6.07, 6.45) is 3.17. The number of aryl methyl sites for hydroxylation is 3. The molecule has 2 aromatic rings. The van der Waals surface area contributed by atoms with E-state index in [1.165, 1.54) is 4.31 Å². The zero-order valence-electron chi connectivity index (χ0n) is 15.3. The van der Waals surface area contributed by atoms with Gasteiger partial charge in [-0.2, -0.15) is 14.5 Å². The van der Waals surface area contributed by atoms with Gasteiger partial charge in [-0.1, -0.05) is 0 Å². The van der Waals surface area contributed by atoms with Crippen LogP contribution >= 0.6 is 0 Å². The third-order valence-electron chi connectivity index (χ3n) is 4.60. The van der Waals surface area contributed by atoms with Crippen molar-refractivity contribution in [3.63, 3.8) is 0 Å². The normalized spacial score (nSPS) is 16.2. The lowest BCUT2D eigenvalue weighted by molar-refractivity contribution is 0.0685. The van der Waals surface area contributed by atoms with Crippen LogP contribution in [0.25, 0.3) is 0 Å². The van der Waals surface area contributed by atoms with Crippen LogP contribution in [0.1, 0.15) is 30.0 Å². The summed E-state index contributed by atoms with van der Waals surface area (Å²) >= 11 is 0. The van der Waals surface area contributed by atoms with Crippen LogP contribution < -0.4 is 0 Å². The molecule has 3 rings (SSSR count). The van der Waals surface area contributed by atoms with E-state index < -0.39 is 10.0 Å². The Morgan fingerprint density at radius 3 is 2.42 bits per heavy atom. The van der Waals surface area contributed by atoms with Crippen molar-refractivity contribution in [3.8, 4) is 0 Å². The number of nitrogens with zero attached hydrogens (tertiary/aromatic N) is 6. The first-order valence-electron chi connectivity index (χ1n) is 8.73. The van der Waals surface area contributed by atoms with Gasteiger partial charge in [-0.05, 0) is 26.8 Å². The van der Waals surface area contributed by atoms with Crippen molar-refractivity contribution in [2.24, 2.45) is 0 Å². The van der Waals surface area contributed by atoms with E-state index >= 15 is 0 Å². The van der Waals surface area contributed by atoms with Gasteiger partial charge in [0.2, 0.25) is 10.0 Å². The highest BCUT2D eigenvalue weighted by Gasteiger charge is 2.33. The van der Waals surface area contributed by atoms with Crippen LogP contribution in [0.5, 0.6) is 0 Å². The predicted octanol–water partition coefficient (Wildman–Crippen LogP) is 0.575. The third-order valence-corrected chi connectivity index (χ3v) is 6.61. The Balaban J connectivity index is 1.71. The van der Waals surface area contributed by atoms with Gasteiger partial charge in [-0.3, -0.25) is 14.2 Å². The number of hydrogen-bond acceptors (Lipinski definition) is 5. The lowest BCUT2D eigenvalue weighted by Crippen LogP contribution is -2.50. The highest BCUT2D eigenvalue weighted by molar-refractivity contribution is 7.89. The minimum absolute atomic E-state index is 0.114. The van der Waals surface area contributed by atoms with E-state index in [1.807, 2.05) is 13.8 Å². The summed E-state index contributed by atoms with van der Waals surface area (Å²) in [5.41, 5.74) is 1.03. The van der Waals surface area contributed by atoms with Crippen molar-refractivity contribution >= 4 is 15.9 Å². The number of rotatable bonds is 5. The number of amides is 1. The third kappa shape index (κ3) is 3.26. The Labute approximate surface area is 153 Å². The van der Waals surface area contributed by atoms with E-state index in [0.717, 1.165) is 0 Å². The molecule has 3 heterocycles. The van der Waals surface area contributed by atoms with Crippen LogP contribution in [0.3, 0.4) is 0 Å². The maximum Gasteiger partial charge on any atom is 0.272 e. The number of aromatic nitrogens is 4. The first kappa shape index (κ1) is 18.6. The average Bonchev–Trinajstić information content (AvgIpc) is 3.27. The molecule has 1 aliphatic rings. The molecule has 0 saturated carbocycles. The second-order valence-corrected chi connectivity index (χ2v) is 8.07. The van der Waals surface area contributed by atoms with Crippen molar-refractivity contribution < 1.29 is 13.2 Å². The summed E-state index contributed by atoms with van der Waals surface area (Å²) in [5, 5.41) is 8.34. The van der Waals surface area contributed by atoms with E-state index in [2.05, 4.69) is 10.2 Å². The molecule has 10 heteroatoms. The van der Waals surface area contributed by atoms with Gasteiger partial charge in [0, 0.05) is 51.7 Å². The molecule has 0 aromatic carbocycles. The van der Waals surface area contributed by atoms with Gasteiger partial charge in [0.25, 0.3) is 5.91 Å². The summed E-state index contributed by atoms with van der Waals surface area (Å²) in [6, 6.07) is 1.69. The largest absolute Gasteiger partial charge is 0.335 e. The molecule has 0 radical (unpaired) electrons. The van der Waals surface area contributed by atoms with E-state index in [1.54, 1.807) is 39.6 Å². The Kier molecular flexibility index (Phi) is 5.15. The van der Waals surface area contributed by atoms with Gasteiger partial charge >= 0.3 is 0 Å². The summed E-state index contributed by atoms with van der Waals surface area (Å²) < 4.78 is 30.5. The highest BCUT2D eigenvalue weighted by atomic mass is 32.2. The molecular weight excluding hydrogens is 356 g/mol. The number of piperazine rings is 1. The minimum Gasteiger partial charge on any atom is -0.335 e. The van der Waals surface area contributed by atoms with Crippen LogP contribution in [-0.4, -0.2) is 69.3 Å². The fourth-order valence-corrected chi connectivity index (χ4v) is 4.71. The van der Waals surface area contributed by atoms with Crippen LogP contribution in [-0.2, 0) is 23.1 Å². The van der Waals surface area contributed by atoms with E-state index in [9.17, 15) is 13.2 Å². The predicted molar refractivity (Wildman–Crippen MR) is 95.2 cm³/mol. The molecule has 1 aliphatic heterocycles. The first-order chi connectivity index (χ1) is 12.4. The van der Waals surface area contributed by atoms with E-state index in [0.29, 0.717) is 37.6 Å². The minimum atomic E-state index is -3.60. The fourth-order valence-electron chi connectivity index (χ4n) is 3.11. The molecule has 0 bridgehead atoms. The summed E-state index contributed by atoms with van der Waals surface area (Å²) in [7, 11) is -3.60. The molecule has 0 unspecified atom stereocenters. The van der Waals surface area contributed by atoms with Crippen molar-refractivity contribution in [2.45, 2.75) is 38.8 Å². The Morgan fingerprint density at radius 1 is 1.15 bits per heavy atom. The molecule has 2 aromatic heterocycles. The lowest BCUT2D eigenvalue weighted by Gasteiger charge is -2.33. The Morgan fingerprint density at radius 2 is 1.85 bits per heavy atom. The van der Waals surface area contributed by atoms with Gasteiger partial charge < -0.3 is 4.90 Å². The summed E-state index contributed by atoms with van der Waals surface area (Å²) in [5.74, 6) is -0.114. The summed E-state index contributed by atoms with van der Waals surface area (Å²) in [4.78, 5) is 14.6. The standard InChI is InChI=1S/C16H24N6O3S/c1-4-20-12-15(13(3)18-20)26(24,25)21-10-8-19(9-11-21)16(23)14-6-7-17-22(14)5-2/h6-7,12H,4-5,8-11H2,1-3H3. The van der Waals surface area contributed by atoms with Crippen molar-refractivity contribution in [3.05, 3.63) is 29.8 Å². The molecule has 0 N–H and O–H groups in total. The first-order valence-corrected chi connectivity index (χ1v) is 10.2.